The van der Waals surface area contributed by atoms with Crippen molar-refractivity contribution in [2.24, 2.45) is 5.92 Å². The van der Waals surface area contributed by atoms with Crippen LogP contribution in [0, 0.1) is 5.92 Å². The molecule has 24 heavy (non-hydrogen) atoms. The van der Waals surface area contributed by atoms with E-state index in [0.29, 0.717) is 12.3 Å². The van der Waals surface area contributed by atoms with E-state index in [1.165, 1.54) is 0 Å². The Morgan fingerprint density at radius 1 is 0.792 bits per heavy atom. The van der Waals surface area contributed by atoms with Crippen molar-refractivity contribution in [2.75, 3.05) is 0 Å². The summed E-state index contributed by atoms with van der Waals surface area (Å²) in [5, 5.41) is -1.13. The van der Waals surface area contributed by atoms with Crippen LogP contribution in [0.25, 0.3) is 0 Å². The minimum atomic E-state index is -4.50. The van der Waals surface area contributed by atoms with Crippen LogP contribution in [0.2, 0.25) is 0 Å². The molecule has 0 heterocycles. The van der Waals surface area contributed by atoms with Crippen LogP contribution < -0.4 is 0 Å². The van der Waals surface area contributed by atoms with E-state index in [2.05, 4.69) is 13.8 Å². The second-order valence-electron chi connectivity index (χ2n) is 6.91. The molecule has 0 unspecified atom stereocenters. The van der Waals surface area contributed by atoms with Gasteiger partial charge in [-0.15, -0.1) is 0 Å². The van der Waals surface area contributed by atoms with E-state index >= 15 is 0 Å². The summed E-state index contributed by atoms with van der Waals surface area (Å²) in [5.41, 5.74) is 1.53. The normalized spacial score (nSPS) is 13.2. The van der Waals surface area contributed by atoms with Crippen LogP contribution >= 0.6 is 7.94 Å². The number of benzene rings is 2. The molecule has 0 aliphatic rings. The molecular formula is C20H29O3P. The van der Waals surface area contributed by atoms with Gasteiger partial charge in [0.25, 0.3) is 0 Å². The summed E-state index contributed by atoms with van der Waals surface area (Å²) in [6.45, 7) is 4.37. The second kappa shape index (κ2) is 8.22. The van der Waals surface area contributed by atoms with Crippen molar-refractivity contribution in [1.29, 1.82) is 0 Å². The van der Waals surface area contributed by atoms with E-state index < -0.39 is 13.1 Å². The third-order valence-electron chi connectivity index (χ3n) is 4.69. The van der Waals surface area contributed by atoms with Crippen LogP contribution in [0.3, 0.4) is 0 Å². The zero-order chi connectivity index (χ0) is 17.6. The Kier molecular flexibility index (Phi) is 6.54. The molecule has 3 N–H and O–H groups in total. The Morgan fingerprint density at radius 3 is 1.62 bits per heavy atom. The van der Waals surface area contributed by atoms with E-state index in [0.717, 1.165) is 30.4 Å². The molecule has 0 fully saturated rings. The summed E-state index contributed by atoms with van der Waals surface area (Å²) in [6.07, 6.45) is 3.45. The third-order valence-corrected chi connectivity index (χ3v) is 6.66. The van der Waals surface area contributed by atoms with Gasteiger partial charge in [0.05, 0.1) is 0 Å². The van der Waals surface area contributed by atoms with Gasteiger partial charge in [0.15, 0.2) is 0 Å². The predicted octanol–water partition coefficient (Wildman–Crippen LogP) is 4.62. The summed E-state index contributed by atoms with van der Waals surface area (Å²) >= 11 is 0. The van der Waals surface area contributed by atoms with Crippen LogP contribution in [-0.2, 0) is 5.16 Å². The number of unbranched alkanes of at least 4 members (excludes halogenated alkanes) is 1. The molecule has 0 spiro atoms. The molecule has 0 radical (unpaired) electrons. The van der Waals surface area contributed by atoms with Crippen LogP contribution in [0.5, 0.6) is 0 Å². The van der Waals surface area contributed by atoms with Crippen LogP contribution in [0.4, 0.5) is 0 Å². The Hall–Kier alpha value is -1.25. The van der Waals surface area contributed by atoms with E-state index in [9.17, 15) is 14.7 Å². The Labute approximate surface area is 145 Å². The SMILES string of the molecule is CC(C)CCCCC(c1ccccc1)(c1ccccc1)[PH](O)(O)O. The fourth-order valence-electron chi connectivity index (χ4n) is 3.40. The molecule has 132 valence electrons. The van der Waals surface area contributed by atoms with E-state index in [1.54, 1.807) is 0 Å². The molecule has 0 aliphatic heterocycles. The monoisotopic (exact) mass is 348 g/mol. The average molecular weight is 348 g/mol. The molecule has 2 aromatic rings. The van der Waals surface area contributed by atoms with Gasteiger partial charge in [0.2, 0.25) is 0 Å². The fraction of sp³-hybridized carbons (Fsp3) is 0.400. The first kappa shape index (κ1) is 19.1. The average Bonchev–Trinajstić information content (AvgIpc) is 2.55. The Balaban J connectivity index is 2.45. The summed E-state index contributed by atoms with van der Waals surface area (Å²) in [5.74, 6) is 0.618. The molecule has 0 saturated heterocycles. The third kappa shape index (κ3) is 4.23. The fourth-order valence-corrected chi connectivity index (χ4v) is 5.02. The molecule has 2 aromatic carbocycles. The van der Waals surface area contributed by atoms with Crippen molar-refractivity contribution in [1.82, 2.24) is 0 Å². The minimum absolute atomic E-state index is 0.517. The number of hydrogen-bond acceptors (Lipinski definition) is 3. The summed E-state index contributed by atoms with van der Waals surface area (Å²) in [4.78, 5) is 31.5. The van der Waals surface area contributed by atoms with Crippen LogP contribution in [-0.4, -0.2) is 14.7 Å². The quantitative estimate of drug-likeness (QED) is 0.482. The molecule has 0 atom stereocenters. The van der Waals surface area contributed by atoms with E-state index in [1.807, 2.05) is 60.7 Å². The zero-order valence-electron chi connectivity index (χ0n) is 14.5. The molecule has 4 heteroatoms. The number of hydrogen-bond donors (Lipinski definition) is 3. The first-order valence-electron chi connectivity index (χ1n) is 8.66. The van der Waals surface area contributed by atoms with Crippen LogP contribution in [0.1, 0.15) is 50.7 Å². The molecular weight excluding hydrogens is 319 g/mol. The predicted molar refractivity (Wildman–Crippen MR) is 102 cm³/mol. The maximum atomic E-state index is 10.5. The topological polar surface area (TPSA) is 60.7 Å². The molecule has 0 aromatic heterocycles. The molecule has 0 amide bonds. The first-order valence-corrected chi connectivity index (χ1v) is 10.5. The summed E-state index contributed by atoms with van der Waals surface area (Å²) in [7, 11) is -4.50. The van der Waals surface area contributed by atoms with Crippen molar-refractivity contribution in [3.8, 4) is 0 Å². The second-order valence-corrected chi connectivity index (χ2v) is 9.04. The van der Waals surface area contributed by atoms with Gasteiger partial charge in [0.1, 0.15) is 0 Å². The summed E-state index contributed by atoms with van der Waals surface area (Å²) < 4.78 is 0. The first-order chi connectivity index (χ1) is 11.4. The van der Waals surface area contributed by atoms with Crippen molar-refractivity contribution >= 4 is 7.94 Å². The molecule has 0 aliphatic carbocycles. The van der Waals surface area contributed by atoms with Crippen LogP contribution in [0.15, 0.2) is 60.7 Å². The van der Waals surface area contributed by atoms with Crippen molar-refractivity contribution in [3.05, 3.63) is 71.8 Å². The number of rotatable bonds is 8. The van der Waals surface area contributed by atoms with E-state index in [-0.39, 0.29) is 0 Å². The summed E-state index contributed by atoms with van der Waals surface area (Å²) in [6, 6.07) is 18.8. The van der Waals surface area contributed by atoms with Gasteiger partial charge in [-0.1, -0.05) is 0 Å². The van der Waals surface area contributed by atoms with Gasteiger partial charge in [0, 0.05) is 0 Å². The van der Waals surface area contributed by atoms with Gasteiger partial charge < -0.3 is 0 Å². The molecule has 0 saturated carbocycles. The zero-order valence-corrected chi connectivity index (χ0v) is 15.5. The van der Waals surface area contributed by atoms with Crippen molar-refractivity contribution in [2.45, 2.75) is 44.7 Å². The molecule has 2 rings (SSSR count). The standard InChI is InChI=1S/C20H29O3P/c1-17(2)11-9-10-16-20(24(21,22)23,18-12-5-3-6-13-18)19-14-7-4-8-15-19/h3-8,12-15,17,21-24H,9-11,16H2,1-2H3. The maximum absolute atomic E-state index is 10.5. The van der Waals surface area contributed by atoms with Gasteiger partial charge in [-0.2, -0.15) is 0 Å². The van der Waals surface area contributed by atoms with Gasteiger partial charge in [-0.05, 0) is 0 Å². The Morgan fingerprint density at radius 2 is 1.25 bits per heavy atom. The van der Waals surface area contributed by atoms with Gasteiger partial charge in [-0.3, -0.25) is 0 Å². The van der Waals surface area contributed by atoms with Crippen molar-refractivity contribution < 1.29 is 14.7 Å². The Bertz CT molecular complexity index is 566. The molecule has 0 bridgehead atoms. The van der Waals surface area contributed by atoms with Gasteiger partial charge in [-0.25, -0.2) is 0 Å². The molecule has 3 nitrogen and oxygen atoms in total. The van der Waals surface area contributed by atoms with Gasteiger partial charge >= 0.3 is 145 Å². The van der Waals surface area contributed by atoms with E-state index in [4.69, 9.17) is 0 Å². The van der Waals surface area contributed by atoms with Crippen molar-refractivity contribution in [3.63, 3.8) is 0 Å².